The summed E-state index contributed by atoms with van der Waals surface area (Å²) in [5.74, 6) is 0.321. The number of hydrogen-bond donors (Lipinski definition) is 1. The molecule has 7 heteroatoms. The van der Waals surface area contributed by atoms with E-state index in [-0.39, 0.29) is 30.7 Å². The third-order valence-corrected chi connectivity index (χ3v) is 5.89. The predicted octanol–water partition coefficient (Wildman–Crippen LogP) is 3.15. The smallest absolute Gasteiger partial charge is 0.261 e. The lowest BCUT2D eigenvalue weighted by atomic mass is 10.1. The van der Waals surface area contributed by atoms with E-state index >= 15 is 0 Å². The molecular weight excluding hydrogens is 392 g/mol. The fraction of sp³-hybridized carbons (Fsp3) is 0.417. The van der Waals surface area contributed by atoms with Gasteiger partial charge in [0.25, 0.3) is 11.8 Å². The fourth-order valence-electron chi connectivity index (χ4n) is 4.17. The van der Waals surface area contributed by atoms with E-state index in [1.807, 2.05) is 12.1 Å². The second-order valence-corrected chi connectivity index (χ2v) is 8.11. The van der Waals surface area contributed by atoms with Gasteiger partial charge in [-0.1, -0.05) is 25.0 Å². The van der Waals surface area contributed by atoms with E-state index in [4.69, 9.17) is 0 Å². The second-order valence-electron chi connectivity index (χ2n) is 8.11. The molecule has 4 rings (SSSR count). The maximum atomic E-state index is 12.4. The summed E-state index contributed by atoms with van der Waals surface area (Å²) in [6.45, 7) is 2.74. The van der Waals surface area contributed by atoms with Crippen LogP contribution in [-0.4, -0.2) is 47.2 Å². The van der Waals surface area contributed by atoms with Gasteiger partial charge in [0.15, 0.2) is 0 Å². The highest BCUT2D eigenvalue weighted by Gasteiger charge is 2.34. The Balaban J connectivity index is 1.24. The lowest BCUT2D eigenvalue weighted by Crippen LogP contribution is -2.32. The van der Waals surface area contributed by atoms with E-state index in [0.717, 1.165) is 24.5 Å². The normalized spacial score (nSPS) is 16.3. The van der Waals surface area contributed by atoms with E-state index in [1.165, 1.54) is 30.6 Å². The molecule has 0 unspecified atom stereocenters. The number of rotatable bonds is 7. The zero-order valence-corrected chi connectivity index (χ0v) is 17.7. The molecule has 3 amide bonds. The van der Waals surface area contributed by atoms with Crippen LogP contribution in [0, 0.1) is 0 Å². The Hall–Kier alpha value is -3.22. The number of aromatic nitrogens is 1. The minimum Gasteiger partial charge on any atom is -0.357 e. The fourth-order valence-corrected chi connectivity index (χ4v) is 4.17. The quantitative estimate of drug-likeness (QED) is 0.696. The largest absolute Gasteiger partial charge is 0.357 e. The number of benzene rings is 1. The molecule has 0 atom stereocenters. The summed E-state index contributed by atoms with van der Waals surface area (Å²) in [4.78, 5) is 45.1. The number of pyridine rings is 1. The molecule has 2 aliphatic rings. The van der Waals surface area contributed by atoms with Crippen LogP contribution >= 0.6 is 0 Å². The summed E-state index contributed by atoms with van der Waals surface area (Å²) in [7, 11) is 0. The molecule has 1 saturated heterocycles. The molecule has 3 heterocycles. The van der Waals surface area contributed by atoms with Gasteiger partial charge in [0.05, 0.1) is 11.1 Å². The summed E-state index contributed by atoms with van der Waals surface area (Å²) in [5.41, 5.74) is 1.90. The van der Waals surface area contributed by atoms with Gasteiger partial charge in [-0.25, -0.2) is 4.98 Å². The standard InChI is InChI=1S/C24H28N4O3/c29-22(10-7-15-28-23(30)19-8-3-4-9-20(19)24(28)31)26-17-18-11-12-25-21(16-18)27-13-5-1-2-6-14-27/h3-4,8-9,11-12,16H,1-2,5-7,10,13-15,17H2,(H,26,29). The topological polar surface area (TPSA) is 82.6 Å². The van der Waals surface area contributed by atoms with E-state index in [2.05, 4.69) is 15.2 Å². The maximum absolute atomic E-state index is 12.4. The van der Waals surface area contributed by atoms with Crippen molar-refractivity contribution in [2.24, 2.45) is 0 Å². The van der Waals surface area contributed by atoms with Crippen molar-refractivity contribution in [1.82, 2.24) is 15.2 Å². The third-order valence-electron chi connectivity index (χ3n) is 5.89. The molecule has 0 bridgehead atoms. The van der Waals surface area contributed by atoms with Crippen molar-refractivity contribution >= 4 is 23.5 Å². The van der Waals surface area contributed by atoms with Gasteiger partial charge in [-0.2, -0.15) is 0 Å². The number of fused-ring (bicyclic) bond motifs is 1. The number of carbonyl (C=O) groups excluding carboxylic acids is 3. The molecule has 1 N–H and O–H groups in total. The Morgan fingerprint density at radius 3 is 2.32 bits per heavy atom. The van der Waals surface area contributed by atoms with Crippen LogP contribution in [0.2, 0.25) is 0 Å². The van der Waals surface area contributed by atoms with E-state index in [9.17, 15) is 14.4 Å². The van der Waals surface area contributed by atoms with Gasteiger partial charge in [-0.3, -0.25) is 19.3 Å². The van der Waals surface area contributed by atoms with E-state index < -0.39 is 0 Å². The molecule has 2 aromatic rings. The van der Waals surface area contributed by atoms with Crippen LogP contribution in [0.5, 0.6) is 0 Å². The van der Waals surface area contributed by atoms with Gasteiger partial charge >= 0.3 is 0 Å². The number of anilines is 1. The number of nitrogens with zero attached hydrogens (tertiary/aromatic N) is 3. The Labute approximate surface area is 182 Å². The van der Waals surface area contributed by atoms with Crippen LogP contribution in [0.1, 0.15) is 64.8 Å². The first kappa shape index (κ1) is 21.0. The first-order valence-electron chi connectivity index (χ1n) is 11.1. The zero-order chi connectivity index (χ0) is 21.6. The van der Waals surface area contributed by atoms with Crippen molar-refractivity contribution in [3.63, 3.8) is 0 Å². The number of hydrogen-bond acceptors (Lipinski definition) is 5. The molecule has 0 radical (unpaired) electrons. The molecule has 1 aromatic carbocycles. The van der Waals surface area contributed by atoms with Crippen molar-refractivity contribution in [1.29, 1.82) is 0 Å². The minimum atomic E-state index is -0.279. The zero-order valence-electron chi connectivity index (χ0n) is 17.7. The van der Waals surface area contributed by atoms with Crippen LogP contribution in [0.15, 0.2) is 42.6 Å². The van der Waals surface area contributed by atoms with E-state index in [1.54, 1.807) is 30.5 Å². The number of nitrogens with one attached hydrogen (secondary N) is 1. The summed E-state index contributed by atoms with van der Waals surface area (Å²) in [5, 5.41) is 2.93. The average Bonchev–Trinajstić information content (AvgIpc) is 2.99. The number of carbonyl (C=O) groups is 3. The lowest BCUT2D eigenvalue weighted by Gasteiger charge is -2.21. The summed E-state index contributed by atoms with van der Waals surface area (Å²) < 4.78 is 0. The van der Waals surface area contributed by atoms with Crippen LogP contribution in [0.25, 0.3) is 0 Å². The summed E-state index contributed by atoms with van der Waals surface area (Å²) in [6.07, 6.45) is 7.42. The van der Waals surface area contributed by atoms with Crippen LogP contribution in [0.3, 0.4) is 0 Å². The third kappa shape index (κ3) is 4.93. The van der Waals surface area contributed by atoms with Crippen LogP contribution in [-0.2, 0) is 11.3 Å². The molecule has 7 nitrogen and oxygen atoms in total. The van der Waals surface area contributed by atoms with Crippen LogP contribution < -0.4 is 10.2 Å². The highest BCUT2D eigenvalue weighted by atomic mass is 16.2. The second kappa shape index (κ2) is 9.73. The molecule has 0 spiro atoms. The molecule has 31 heavy (non-hydrogen) atoms. The SMILES string of the molecule is O=C(CCCN1C(=O)c2ccccc2C1=O)NCc1ccnc(N2CCCCCC2)c1. The van der Waals surface area contributed by atoms with E-state index in [0.29, 0.717) is 24.1 Å². The Kier molecular flexibility index (Phi) is 6.60. The van der Waals surface area contributed by atoms with Crippen molar-refractivity contribution in [2.45, 2.75) is 45.1 Å². The highest BCUT2D eigenvalue weighted by molar-refractivity contribution is 6.21. The molecule has 2 aliphatic heterocycles. The van der Waals surface area contributed by atoms with Crippen LogP contribution in [0.4, 0.5) is 5.82 Å². The minimum absolute atomic E-state index is 0.0928. The molecule has 0 aliphatic carbocycles. The molecule has 1 aromatic heterocycles. The number of amides is 3. The van der Waals surface area contributed by atoms with Crippen molar-refractivity contribution < 1.29 is 14.4 Å². The van der Waals surface area contributed by atoms with Crippen molar-refractivity contribution in [3.8, 4) is 0 Å². The molecule has 0 saturated carbocycles. The van der Waals surface area contributed by atoms with Gasteiger partial charge in [0.2, 0.25) is 5.91 Å². The highest BCUT2D eigenvalue weighted by Crippen LogP contribution is 2.22. The first-order chi connectivity index (χ1) is 15.1. The number of imide groups is 1. The Morgan fingerprint density at radius 2 is 1.65 bits per heavy atom. The maximum Gasteiger partial charge on any atom is 0.261 e. The Morgan fingerprint density at radius 1 is 0.968 bits per heavy atom. The lowest BCUT2D eigenvalue weighted by molar-refractivity contribution is -0.121. The predicted molar refractivity (Wildman–Crippen MR) is 118 cm³/mol. The average molecular weight is 421 g/mol. The summed E-state index contributed by atoms with van der Waals surface area (Å²) >= 11 is 0. The van der Waals surface area contributed by atoms with Crippen molar-refractivity contribution in [3.05, 3.63) is 59.3 Å². The Bertz CT molecular complexity index is 932. The van der Waals surface area contributed by atoms with Gasteiger partial charge in [-0.15, -0.1) is 0 Å². The molecule has 1 fully saturated rings. The van der Waals surface area contributed by atoms with Gasteiger partial charge in [0.1, 0.15) is 5.82 Å². The van der Waals surface area contributed by atoms with Gasteiger partial charge in [-0.05, 0) is 49.1 Å². The summed E-state index contributed by atoms with van der Waals surface area (Å²) in [6, 6.07) is 10.8. The molecular formula is C24H28N4O3. The molecule has 162 valence electrons. The van der Waals surface area contributed by atoms with Gasteiger partial charge < -0.3 is 10.2 Å². The van der Waals surface area contributed by atoms with Gasteiger partial charge in [0, 0.05) is 38.8 Å². The monoisotopic (exact) mass is 420 g/mol. The first-order valence-corrected chi connectivity index (χ1v) is 11.1. The van der Waals surface area contributed by atoms with Crippen molar-refractivity contribution in [2.75, 3.05) is 24.5 Å².